The number of aryl methyl sites for hydroxylation is 1. The molecule has 0 atom stereocenters. The molecule has 5 nitrogen and oxygen atoms in total. The topological polar surface area (TPSA) is 84.9 Å². The van der Waals surface area contributed by atoms with Crippen LogP contribution >= 0.6 is 0 Å². The Morgan fingerprint density at radius 3 is 2.76 bits per heavy atom. The van der Waals surface area contributed by atoms with Crippen LogP contribution in [0.25, 0.3) is 22.9 Å². The number of hydrogen-bond donors (Lipinski definition) is 2. The van der Waals surface area contributed by atoms with Crippen molar-refractivity contribution in [2.24, 2.45) is 0 Å². The van der Waals surface area contributed by atoms with Crippen LogP contribution in [-0.4, -0.2) is 20.3 Å². The van der Waals surface area contributed by atoms with Gasteiger partial charge in [-0.1, -0.05) is 30.3 Å². The predicted molar refractivity (Wildman–Crippen MR) is 83.5 cm³/mol. The van der Waals surface area contributed by atoms with E-state index in [9.17, 15) is 5.11 Å². The first kappa shape index (κ1) is 13.1. The van der Waals surface area contributed by atoms with Crippen molar-refractivity contribution in [2.75, 3.05) is 5.73 Å². The van der Waals surface area contributed by atoms with Crippen LogP contribution in [0.4, 0.5) is 5.95 Å². The van der Waals surface area contributed by atoms with Crippen molar-refractivity contribution in [1.29, 1.82) is 0 Å². The number of nitrogen functional groups attached to an aromatic ring is 1. The number of phenols is 1. The summed E-state index contributed by atoms with van der Waals surface area (Å²) in [6.07, 6.45) is 3.71. The minimum absolute atomic E-state index is 0.140. The monoisotopic (exact) mass is 278 g/mol. The Morgan fingerprint density at radius 1 is 1.10 bits per heavy atom. The zero-order valence-corrected chi connectivity index (χ0v) is 11.5. The van der Waals surface area contributed by atoms with Crippen LogP contribution in [0.15, 0.2) is 36.4 Å². The number of rotatable bonds is 2. The second kappa shape index (κ2) is 5.20. The molecule has 0 bridgehead atoms. The average molecular weight is 278 g/mol. The van der Waals surface area contributed by atoms with E-state index in [4.69, 9.17) is 5.73 Å². The fraction of sp³-hybridized carbons (Fsp3) is 0.0625. The second-order valence-electron chi connectivity index (χ2n) is 4.73. The average Bonchev–Trinajstić information content (AvgIpc) is 2.47. The fourth-order valence-electron chi connectivity index (χ4n) is 2.19. The molecule has 3 rings (SSSR count). The van der Waals surface area contributed by atoms with Crippen LogP contribution in [0.3, 0.4) is 0 Å². The number of hydrogen-bond acceptors (Lipinski definition) is 5. The van der Waals surface area contributed by atoms with Gasteiger partial charge in [0.2, 0.25) is 5.95 Å². The van der Waals surface area contributed by atoms with Gasteiger partial charge in [-0.3, -0.25) is 0 Å². The number of anilines is 1. The normalized spacial score (nSPS) is 11.3. The first-order valence-corrected chi connectivity index (χ1v) is 6.50. The summed E-state index contributed by atoms with van der Waals surface area (Å²) < 4.78 is 0. The number of fused-ring (bicyclic) bond motifs is 1. The minimum Gasteiger partial charge on any atom is -0.508 e. The second-order valence-corrected chi connectivity index (χ2v) is 4.73. The Hall–Kier alpha value is -2.95. The summed E-state index contributed by atoms with van der Waals surface area (Å²) in [5.74, 6) is 0.367. The molecule has 104 valence electrons. The summed E-state index contributed by atoms with van der Waals surface area (Å²) in [5, 5.41) is 19.5. The third kappa shape index (κ3) is 2.67. The maximum Gasteiger partial charge on any atom is 0.240 e. The van der Waals surface area contributed by atoms with Crippen LogP contribution in [0.2, 0.25) is 0 Å². The van der Waals surface area contributed by atoms with Gasteiger partial charge in [0.1, 0.15) is 5.75 Å². The summed E-state index contributed by atoms with van der Waals surface area (Å²) in [7, 11) is 0. The van der Waals surface area contributed by atoms with Crippen molar-refractivity contribution in [2.45, 2.75) is 6.92 Å². The van der Waals surface area contributed by atoms with Gasteiger partial charge < -0.3 is 10.8 Å². The summed E-state index contributed by atoms with van der Waals surface area (Å²) in [6, 6.07) is 11.3. The zero-order chi connectivity index (χ0) is 14.8. The van der Waals surface area contributed by atoms with Crippen molar-refractivity contribution < 1.29 is 5.11 Å². The summed E-state index contributed by atoms with van der Waals surface area (Å²) in [4.78, 5) is 4.15. The van der Waals surface area contributed by atoms with E-state index < -0.39 is 0 Å². The number of phenolic OH excluding ortho intramolecular Hbond substituents is 1. The van der Waals surface area contributed by atoms with E-state index in [1.165, 1.54) is 0 Å². The lowest BCUT2D eigenvalue weighted by Gasteiger charge is -2.04. The highest BCUT2D eigenvalue weighted by molar-refractivity contribution is 5.93. The lowest BCUT2D eigenvalue weighted by atomic mass is 10.0. The molecule has 0 aliphatic rings. The third-order valence-corrected chi connectivity index (χ3v) is 3.21. The molecule has 0 spiro atoms. The van der Waals surface area contributed by atoms with Crippen molar-refractivity contribution in [3.63, 3.8) is 0 Å². The van der Waals surface area contributed by atoms with Crippen LogP contribution in [-0.2, 0) is 0 Å². The molecular weight excluding hydrogens is 264 g/mol. The van der Waals surface area contributed by atoms with E-state index >= 15 is 0 Å². The molecule has 0 aliphatic heterocycles. The van der Waals surface area contributed by atoms with E-state index in [-0.39, 0.29) is 11.7 Å². The summed E-state index contributed by atoms with van der Waals surface area (Å²) in [6.45, 7) is 1.82. The highest BCUT2D eigenvalue weighted by atomic mass is 16.3. The largest absolute Gasteiger partial charge is 0.508 e. The molecule has 0 radical (unpaired) electrons. The molecule has 3 N–H and O–H groups in total. The number of aromatic hydroxyl groups is 1. The van der Waals surface area contributed by atoms with Gasteiger partial charge in [0.15, 0.2) is 0 Å². The quantitative estimate of drug-likeness (QED) is 0.753. The SMILES string of the molecule is Cc1nnc(N)nc1C=Cc1cc(O)cc2ccccc12. The number of nitrogens with two attached hydrogens (primary N) is 1. The molecule has 0 saturated carbocycles. The molecule has 2 aromatic carbocycles. The lowest BCUT2D eigenvalue weighted by molar-refractivity contribution is 0.476. The van der Waals surface area contributed by atoms with E-state index in [1.807, 2.05) is 43.3 Å². The van der Waals surface area contributed by atoms with Crippen LogP contribution in [0.5, 0.6) is 5.75 Å². The molecule has 0 unspecified atom stereocenters. The van der Waals surface area contributed by atoms with Gasteiger partial charge in [0, 0.05) is 0 Å². The third-order valence-electron chi connectivity index (χ3n) is 3.21. The molecule has 3 aromatic rings. The maximum atomic E-state index is 9.82. The Labute approximate surface area is 121 Å². The highest BCUT2D eigenvalue weighted by Gasteiger charge is 2.03. The highest BCUT2D eigenvalue weighted by Crippen LogP contribution is 2.26. The van der Waals surface area contributed by atoms with Crippen LogP contribution in [0, 0.1) is 6.92 Å². The molecule has 0 aliphatic carbocycles. The van der Waals surface area contributed by atoms with Crippen molar-refractivity contribution in [3.8, 4) is 5.75 Å². The molecule has 0 saturated heterocycles. The van der Waals surface area contributed by atoms with Gasteiger partial charge >= 0.3 is 0 Å². The van der Waals surface area contributed by atoms with E-state index in [0.717, 1.165) is 16.3 Å². The standard InChI is InChI=1S/C16H14N4O/c1-10-15(18-16(17)20-19-10)7-6-12-9-13(21)8-11-4-2-3-5-14(11)12/h2-9,21H,1H3,(H2,17,18,20). The molecule has 1 aromatic heterocycles. The molecule has 0 fully saturated rings. The van der Waals surface area contributed by atoms with Crippen molar-refractivity contribution in [1.82, 2.24) is 15.2 Å². The Bertz CT molecular complexity index is 843. The fourth-order valence-corrected chi connectivity index (χ4v) is 2.19. The van der Waals surface area contributed by atoms with Gasteiger partial charge in [-0.25, -0.2) is 4.98 Å². The molecule has 21 heavy (non-hydrogen) atoms. The lowest BCUT2D eigenvalue weighted by Crippen LogP contribution is -2.01. The minimum atomic E-state index is 0.140. The maximum absolute atomic E-state index is 9.82. The number of benzene rings is 2. The van der Waals surface area contributed by atoms with E-state index in [0.29, 0.717) is 11.4 Å². The van der Waals surface area contributed by atoms with Crippen LogP contribution < -0.4 is 5.73 Å². The number of aromatic nitrogens is 3. The Morgan fingerprint density at radius 2 is 1.90 bits per heavy atom. The van der Waals surface area contributed by atoms with E-state index in [1.54, 1.807) is 12.1 Å². The molecule has 1 heterocycles. The van der Waals surface area contributed by atoms with E-state index in [2.05, 4.69) is 15.2 Å². The Kier molecular flexibility index (Phi) is 3.23. The summed E-state index contributed by atoms with van der Waals surface area (Å²) in [5.41, 5.74) is 7.82. The molecular formula is C16H14N4O. The van der Waals surface area contributed by atoms with Gasteiger partial charge in [-0.15, -0.1) is 10.2 Å². The smallest absolute Gasteiger partial charge is 0.240 e. The van der Waals surface area contributed by atoms with Gasteiger partial charge in [-0.2, -0.15) is 0 Å². The van der Waals surface area contributed by atoms with Crippen molar-refractivity contribution >= 4 is 28.9 Å². The first-order valence-electron chi connectivity index (χ1n) is 6.50. The van der Waals surface area contributed by atoms with Crippen molar-refractivity contribution in [3.05, 3.63) is 53.3 Å². The van der Waals surface area contributed by atoms with Gasteiger partial charge in [0.05, 0.1) is 11.4 Å². The van der Waals surface area contributed by atoms with Crippen LogP contribution in [0.1, 0.15) is 17.0 Å². The van der Waals surface area contributed by atoms with Gasteiger partial charge in [0.25, 0.3) is 0 Å². The Balaban J connectivity index is 2.09. The summed E-state index contributed by atoms with van der Waals surface area (Å²) >= 11 is 0. The number of nitrogens with zero attached hydrogens (tertiary/aromatic N) is 3. The first-order chi connectivity index (χ1) is 10.1. The molecule has 5 heteroatoms. The van der Waals surface area contributed by atoms with Gasteiger partial charge in [-0.05, 0) is 41.5 Å². The zero-order valence-electron chi connectivity index (χ0n) is 11.5. The predicted octanol–water partition coefficient (Wildman–Crippen LogP) is 2.79. The molecule has 0 amide bonds.